The third kappa shape index (κ3) is 4.06. The molecule has 0 aliphatic carbocycles. The summed E-state index contributed by atoms with van der Waals surface area (Å²) in [4.78, 5) is 13.5. The molecule has 0 atom stereocenters. The Morgan fingerprint density at radius 3 is 2.19 bits per heavy atom. The first-order valence-corrected chi connectivity index (χ1v) is 7.00. The van der Waals surface area contributed by atoms with E-state index in [2.05, 4.69) is 5.32 Å². The molecule has 1 N–H and O–H groups in total. The molecule has 0 aromatic heterocycles. The number of halogens is 2. The predicted molar refractivity (Wildman–Crippen MR) is 77.7 cm³/mol. The summed E-state index contributed by atoms with van der Waals surface area (Å²) < 4.78 is 33.0. The van der Waals surface area contributed by atoms with Crippen LogP contribution in [0.2, 0.25) is 0 Å². The minimum atomic E-state index is -0.880. The molecule has 4 nitrogen and oxygen atoms in total. The van der Waals surface area contributed by atoms with Crippen molar-refractivity contribution in [2.75, 3.05) is 23.3 Å². The van der Waals surface area contributed by atoms with E-state index in [1.54, 1.807) is 20.8 Å². The molecular weight excluding hydrogens is 278 g/mol. The number of amides is 1. The molecule has 1 aliphatic heterocycles. The molecule has 21 heavy (non-hydrogen) atoms. The minimum Gasteiger partial charge on any atom is -0.444 e. The highest BCUT2D eigenvalue weighted by molar-refractivity contribution is 5.85. The number of ether oxygens (including phenoxy) is 1. The number of nitrogens with zero attached hydrogens (tertiary/aromatic N) is 1. The second-order valence-electron chi connectivity index (χ2n) is 6.11. The van der Waals surface area contributed by atoms with E-state index >= 15 is 0 Å². The van der Waals surface area contributed by atoms with Gasteiger partial charge in [0.2, 0.25) is 0 Å². The Morgan fingerprint density at radius 2 is 1.71 bits per heavy atom. The maximum absolute atomic E-state index is 14.0. The highest BCUT2D eigenvalue weighted by Gasteiger charge is 2.21. The number of carbonyl (C=O) groups excluding carboxylic acids is 1. The third-order valence-corrected chi connectivity index (χ3v) is 3.12. The van der Waals surface area contributed by atoms with Gasteiger partial charge in [0.15, 0.2) is 11.6 Å². The molecule has 1 amide bonds. The molecule has 2 rings (SSSR count). The molecule has 1 aromatic carbocycles. The van der Waals surface area contributed by atoms with Crippen LogP contribution >= 0.6 is 0 Å². The molecule has 1 heterocycles. The van der Waals surface area contributed by atoms with Gasteiger partial charge in [-0.15, -0.1) is 0 Å². The van der Waals surface area contributed by atoms with Crippen LogP contribution in [0.5, 0.6) is 0 Å². The highest BCUT2D eigenvalue weighted by Crippen LogP contribution is 2.28. The summed E-state index contributed by atoms with van der Waals surface area (Å²) >= 11 is 0. The smallest absolute Gasteiger partial charge is 0.412 e. The Morgan fingerprint density at radius 1 is 1.19 bits per heavy atom. The van der Waals surface area contributed by atoms with Crippen LogP contribution in [0, 0.1) is 11.6 Å². The van der Waals surface area contributed by atoms with E-state index in [-0.39, 0.29) is 0 Å². The van der Waals surface area contributed by atoms with Gasteiger partial charge in [0.1, 0.15) is 11.3 Å². The maximum Gasteiger partial charge on any atom is 0.412 e. The number of anilines is 2. The predicted octanol–water partition coefficient (Wildman–Crippen LogP) is 3.91. The van der Waals surface area contributed by atoms with Gasteiger partial charge in [0.05, 0.1) is 0 Å². The molecular formula is C15H20F2N2O2. The van der Waals surface area contributed by atoms with Gasteiger partial charge in [0.25, 0.3) is 0 Å². The first-order valence-electron chi connectivity index (χ1n) is 7.00. The van der Waals surface area contributed by atoms with E-state index in [9.17, 15) is 13.6 Å². The van der Waals surface area contributed by atoms with Crippen molar-refractivity contribution in [1.29, 1.82) is 0 Å². The second kappa shape index (κ2) is 5.87. The zero-order chi connectivity index (χ0) is 15.6. The summed E-state index contributed by atoms with van der Waals surface area (Å²) in [6.45, 7) is 6.61. The Hall–Kier alpha value is -1.85. The normalized spacial score (nSPS) is 15.2. The van der Waals surface area contributed by atoms with E-state index in [0.29, 0.717) is 5.69 Å². The van der Waals surface area contributed by atoms with Crippen LogP contribution in [-0.2, 0) is 4.74 Å². The molecule has 1 aliphatic rings. The van der Waals surface area contributed by atoms with Gasteiger partial charge < -0.3 is 9.64 Å². The van der Waals surface area contributed by atoms with Crippen molar-refractivity contribution in [1.82, 2.24) is 0 Å². The lowest BCUT2D eigenvalue weighted by Gasteiger charge is -2.21. The fraction of sp³-hybridized carbons (Fsp3) is 0.533. The SMILES string of the molecule is CC(C)(C)OC(=O)Nc1c(F)cc(N2CCCC2)cc1F. The molecule has 6 heteroatoms. The van der Waals surface area contributed by atoms with Crippen molar-refractivity contribution >= 4 is 17.5 Å². The van der Waals surface area contributed by atoms with Gasteiger partial charge in [0, 0.05) is 18.8 Å². The van der Waals surface area contributed by atoms with Gasteiger partial charge in [-0.2, -0.15) is 0 Å². The number of benzene rings is 1. The van der Waals surface area contributed by atoms with Gasteiger partial charge in [-0.25, -0.2) is 13.6 Å². The standard InChI is InChI=1S/C15H20F2N2O2/c1-15(2,3)21-14(20)18-13-11(16)8-10(9-12(13)17)19-6-4-5-7-19/h8-9H,4-7H2,1-3H3,(H,18,20). The molecule has 0 bridgehead atoms. The number of nitrogens with one attached hydrogen (secondary N) is 1. The molecule has 1 aromatic rings. The molecule has 116 valence electrons. The second-order valence-corrected chi connectivity index (χ2v) is 6.11. The van der Waals surface area contributed by atoms with E-state index in [1.807, 2.05) is 4.90 Å². The van der Waals surface area contributed by atoms with Crippen LogP contribution in [0.4, 0.5) is 25.0 Å². The van der Waals surface area contributed by atoms with E-state index in [0.717, 1.165) is 25.9 Å². The first-order chi connectivity index (χ1) is 9.76. The van der Waals surface area contributed by atoms with Gasteiger partial charge in [-0.3, -0.25) is 5.32 Å². The quantitative estimate of drug-likeness (QED) is 0.900. The van der Waals surface area contributed by atoms with Crippen LogP contribution in [-0.4, -0.2) is 24.8 Å². The van der Waals surface area contributed by atoms with Crippen LogP contribution in [0.25, 0.3) is 0 Å². The van der Waals surface area contributed by atoms with Gasteiger partial charge in [-0.1, -0.05) is 0 Å². The number of rotatable bonds is 2. The zero-order valence-electron chi connectivity index (χ0n) is 12.5. The number of hydrogen-bond acceptors (Lipinski definition) is 3. The summed E-state index contributed by atoms with van der Waals surface area (Å²) in [6, 6.07) is 2.47. The van der Waals surface area contributed by atoms with Crippen LogP contribution in [0.3, 0.4) is 0 Å². The first kappa shape index (κ1) is 15.5. The van der Waals surface area contributed by atoms with Crippen molar-refractivity contribution in [3.05, 3.63) is 23.8 Å². The van der Waals surface area contributed by atoms with Crippen molar-refractivity contribution in [2.45, 2.75) is 39.2 Å². The lowest BCUT2D eigenvalue weighted by molar-refractivity contribution is 0.0634. The Balaban J connectivity index is 2.15. The van der Waals surface area contributed by atoms with Crippen molar-refractivity contribution in [3.63, 3.8) is 0 Å². The Bertz CT molecular complexity index is 512. The fourth-order valence-electron chi connectivity index (χ4n) is 2.24. The zero-order valence-corrected chi connectivity index (χ0v) is 12.5. The summed E-state index contributed by atoms with van der Waals surface area (Å²) in [5.74, 6) is -1.61. The Kier molecular flexibility index (Phi) is 4.34. The molecule has 0 spiro atoms. The highest BCUT2D eigenvalue weighted by atomic mass is 19.1. The van der Waals surface area contributed by atoms with Gasteiger partial charge in [-0.05, 0) is 45.7 Å². The van der Waals surface area contributed by atoms with Gasteiger partial charge >= 0.3 is 6.09 Å². The van der Waals surface area contributed by atoms with E-state index < -0.39 is 29.0 Å². The summed E-state index contributed by atoms with van der Waals surface area (Å²) in [5, 5.41) is 2.12. The molecule has 0 radical (unpaired) electrons. The maximum atomic E-state index is 14.0. The average Bonchev–Trinajstić information content (AvgIpc) is 2.85. The molecule has 0 saturated carbocycles. The number of hydrogen-bond donors (Lipinski definition) is 1. The van der Waals surface area contributed by atoms with Crippen LogP contribution in [0.1, 0.15) is 33.6 Å². The topological polar surface area (TPSA) is 41.6 Å². The van der Waals surface area contributed by atoms with Crippen LogP contribution in [0.15, 0.2) is 12.1 Å². The average molecular weight is 298 g/mol. The lowest BCUT2D eigenvalue weighted by atomic mass is 10.2. The van der Waals surface area contributed by atoms with E-state index in [4.69, 9.17) is 4.74 Å². The summed E-state index contributed by atoms with van der Waals surface area (Å²) in [6.07, 6.45) is 1.15. The van der Waals surface area contributed by atoms with Crippen molar-refractivity contribution in [3.8, 4) is 0 Å². The molecule has 1 fully saturated rings. The fourth-order valence-corrected chi connectivity index (χ4v) is 2.24. The monoisotopic (exact) mass is 298 g/mol. The molecule has 0 unspecified atom stereocenters. The van der Waals surface area contributed by atoms with Crippen LogP contribution < -0.4 is 10.2 Å². The lowest BCUT2D eigenvalue weighted by Crippen LogP contribution is -2.28. The van der Waals surface area contributed by atoms with E-state index in [1.165, 1.54) is 12.1 Å². The molecule has 1 saturated heterocycles. The summed E-state index contributed by atoms with van der Waals surface area (Å²) in [7, 11) is 0. The van der Waals surface area contributed by atoms with Crippen molar-refractivity contribution < 1.29 is 18.3 Å². The minimum absolute atomic E-state index is 0.479. The Labute approximate surface area is 123 Å². The number of carbonyl (C=O) groups is 1. The largest absolute Gasteiger partial charge is 0.444 e. The third-order valence-electron chi connectivity index (χ3n) is 3.12. The van der Waals surface area contributed by atoms with Crippen molar-refractivity contribution in [2.24, 2.45) is 0 Å². The summed E-state index contributed by atoms with van der Waals surface area (Å²) in [5.41, 5.74) is -0.712.